The Morgan fingerprint density at radius 3 is 1.71 bits per heavy atom. The fraction of sp³-hybridized carbons (Fsp3) is 0. The van der Waals surface area contributed by atoms with Crippen LogP contribution in [-0.2, 0) is 0 Å². The van der Waals surface area contributed by atoms with E-state index in [0.717, 1.165) is 71.9 Å². The molecular formula is C52H32N2O. The van der Waals surface area contributed by atoms with Gasteiger partial charge in [0, 0.05) is 27.5 Å². The lowest BCUT2D eigenvalue weighted by molar-refractivity contribution is 0.669. The van der Waals surface area contributed by atoms with Crippen LogP contribution in [0.4, 0.5) is 0 Å². The van der Waals surface area contributed by atoms with E-state index in [2.05, 4.69) is 182 Å². The monoisotopic (exact) mass is 700 g/mol. The molecular weight excluding hydrogens is 669 g/mol. The zero-order valence-electron chi connectivity index (χ0n) is 29.8. The van der Waals surface area contributed by atoms with Crippen LogP contribution in [0.3, 0.4) is 0 Å². The maximum Gasteiger partial charge on any atom is 0.160 e. The van der Waals surface area contributed by atoms with Gasteiger partial charge in [-0.05, 0) is 91.0 Å². The highest BCUT2D eigenvalue weighted by Crippen LogP contribution is 2.39. The first-order chi connectivity index (χ1) is 27.2. The first-order valence-electron chi connectivity index (χ1n) is 18.6. The zero-order valence-corrected chi connectivity index (χ0v) is 29.8. The van der Waals surface area contributed by atoms with Crippen molar-refractivity contribution in [3.63, 3.8) is 0 Å². The summed E-state index contributed by atoms with van der Waals surface area (Å²) in [6, 6.07) is 68.7. The molecule has 0 N–H and O–H groups in total. The second kappa shape index (κ2) is 12.6. The van der Waals surface area contributed by atoms with Gasteiger partial charge in [0.1, 0.15) is 11.2 Å². The van der Waals surface area contributed by atoms with Crippen molar-refractivity contribution >= 4 is 54.3 Å². The molecule has 2 heterocycles. The summed E-state index contributed by atoms with van der Waals surface area (Å²) >= 11 is 0. The molecule has 0 amide bonds. The van der Waals surface area contributed by atoms with Crippen molar-refractivity contribution in [3.8, 4) is 56.2 Å². The predicted molar refractivity (Wildman–Crippen MR) is 229 cm³/mol. The SMILES string of the molecule is c1ccc2cc(-c3nc(-c4ccc(-c5cccc6ccccc56)cc4)cc(-c4ccc5ccc(-c6cccc7oc8ccccc8c67)cc5c4)n3)ccc2c1. The normalized spacial score (nSPS) is 11.6. The third kappa shape index (κ3) is 5.45. The molecule has 11 rings (SSSR count). The van der Waals surface area contributed by atoms with Crippen LogP contribution in [0.15, 0.2) is 199 Å². The predicted octanol–water partition coefficient (Wildman–Crippen LogP) is 14.2. The fourth-order valence-electron chi connectivity index (χ4n) is 8.09. The molecule has 0 aliphatic rings. The molecule has 3 heteroatoms. The van der Waals surface area contributed by atoms with Gasteiger partial charge in [0.2, 0.25) is 0 Å². The molecule has 256 valence electrons. The Labute approximate surface area is 317 Å². The van der Waals surface area contributed by atoms with Crippen LogP contribution in [-0.4, -0.2) is 9.97 Å². The van der Waals surface area contributed by atoms with Gasteiger partial charge < -0.3 is 4.42 Å². The van der Waals surface area contributed by atoms with E-state index in [1.807, 2.05) is 12.1 Å². The summed E-state index contributed by atoms with van der Waals surface area (Å²) < 4.78 is 6.23. The summed E-state index contributed by atoms with van der Waals surface area (Å²) in [6.07, 6.45) is 0. The maximum absolute atomic E-state index is 6.23. The maximum atomic E-state index is 6.23. The van der Waals surface area contributed by atoms with Crippen molar-refractivity contribution in [1.82, 2.24) is 9.97 Å². The van der Waals surface area contributed by atoms with Crippen molar-refractivity contribution in [2.45, 2.75) is 0 Å². The van der Waals surface area contributed by atoms with Crippen LogP contribution in [0.2, 0.25) is 0 Å². The minimum atomic E-state index is 0.698. The molecule has 0 aliphatic heterocycles. The lowest BCUT2D eigenvalue weighted by atomic mass is 9.95. The Morgan fingerprint density at radius 1 is 0.309 bits per heavy atom. The Hall–Kier alpha value is -7.36. The van der Waals surface area contributed by atoms with Crippen LogP contribution < -0.4 is 0 Å². The Morgan fingerprint density at radius 2 is 0.855 bits per heavy atom. The number of benzene rings is 9. The number of fused-ring (bicyclic) bond motifs is 6. The van der Waals surface area contributed by atoms with Gasteiger partial charge >= 0.3 is 0 Å². The number of furan rings is 1. The number of hydrogen-bond donors (Lipinski definition) is 0. The molecule has 0 bridgehead atoms. The van der Waals surface area contributed by atoms with Crippen LogP contribution in [0, 0.1) is 0 Å². The summed E-state index contributed by atoms with van der Waals surface area (Å²) in [5.74, 6) is 0.698. The molecule has 0 saturated carbocycles. The average Bonchev–Trinajstić information content (AvgIpc) is 3.65. The molecule has 0 atom stereocenters. The average molecular weight is 701 g/mol. The third-order valence-corrected chi connectivity index (χ3v) is 10.9. The van der Waals surface area contributed by atoms with E-state index < -0.39 is 0 Å². The topological polar surface area (TPSA) is 38.9 Å². The standard InChI is InChI=1S/C52H32N2O/c1-2-11-38-29-41(28-21-33(38)9-1)52-53-47(37-24-22-36(23-25-37)44-15-7-12-35-10-3-4-13-43(35)44)32-48(54-52)40-27-20-34-19-26-39(30-42(34)31-40)45-16-8-18-50-51(45)46-14-5-6-17-49(46)55-50/h1-32H. The smallest absolute Gasteiger partial charge is 0.160 e. The fourth-order valence-corrected chi connectivity index (χ4v) is 8.09. The van der Waals surface area contributed by atoms with E-state index in [1.54, 1.807) is 0 Å². The first kappa shape index (κ1) is 31.2. The van der Waals surface area contributed by atoms with Gasteiger partial charge in [-0.2, -0.15) is 0 Å². The van der Waals surface area contributed by atoms with Gasteiger partial charge in [0.25, 0.3) is 0 Å². The van der Waals surface area contributed by atoms with E-state index in [9.17, 15) is 0 Å². The van der Waals surface area contributed by atoms with E-state index in [4.69, 9.17) is 14.4 Å². The number of hydrogen-bond acceptors (Lipinski definition) is 3. The number of aromatic nitrogens is 2. The minimum absolute atomic E-state index is 0.698. The van der Waals surface area contributed by atoms with E-state index in [1.165, 1.54) is 32.7 Å². The highest BCUT2D eigenvalue weighted by molar-refractivity contribution is 6.13. The highest BCUT2D eigenvalue weighted by Gasteiger charge is 2.15. The Kier molecular flexibility index (Phi) is 7.17. The molecule has 2 aromatic heterocycles. The van der Waals surface area contributed by atoms with Crippen molar-refractivity contribution in [3.05, 3.63) is 194 Å². The molecule has 3 nitrogen and oxygen atoms in total. The van der Waals surface area contributed by atoms with Crippen molar-refractivity contribution in [2.75, 3.05) is 0 Å². The quantitative estimate of drug-likeness (QED) is 0.179. The molecule has 0 fully saturated rings. The molecule has 11 aromatic rings. The molecule has 55 heavy (non-hydrogen) atoms. The van der Waals surface area contributed by atoms with Crippen LogP contribution in [0.5, 0.6) is 0 Å². The van der Waals surface area contributed by atoms with Crippen LogP contribution >= 0.6 is 0 Å². The Balaban J connectivity index is 1.04. The lowest BCUT2D eigenvalue weighted by Crippen LogP contribution is -1.96. The summed E-state index contributed by atoms with van der Waals surface area (Å²) in [7, 11) is 0. The van der Waals surface area contributed by atoms with E-state index >= 15 is 0 Å². The van der Waals surface area contributed by atoms with E-state index in [0.29, 0.717) is 5.82 Å². The van der Waals surface area contributed by atoms with Gasteiger partial charge in [-0.15, -0.1) is 0 Å². The number of nitrogens with zero attached hydrogens (tertiary/aromatic N) is 2. The third-order valence-electron chi connectivity index (χ3n) is 10.9. The van der Waals surface area contributed by atoms with Crippen molar-refractivity contribution in [2.24, 2.45) is 0 Å². The first-order valence-corrected chi connectivity index (χ1v) is 18.6. The van der Waals surface area contributed by atoms with E-state index in [-0.39, 0.29) is 0 Å². The molecule has 0 saturated heterocycles. The number of rotatable bonds is 5. The van der Waals surface area contributed by atoms with Gasteiger partial charge in [-0.3, -0.25) is 0 Å². The van der Waals surface area contributed by atoms with Crippen LogP contribution in [0.25, 0.3) is 110 Å². The molecule has 9 aromatic carbocycles. The zero-order chi connectivity index (χ0) is 36.3. The molecule has 0 radical (unpaired) electrons. The van der Waals surface area contributed by atoms with Crippen molar-refractivity contribution in [1.29, 1.82) is 0 Å². The summed E-state index contributed by atoms with van der Waals surface area (Å²) in [5, 5.41) is 9.41. The lowest BCUT2D eigenvalue weighted by Gasteiger charge is -2.12. The largest absolute Gasteiger partial charge is 0.456 e. The summed E-state index contributed by atoms with van der Waals surface area (Å²) in [4.78, 5) is 10.4. The molecule has 0 unspecified atom stereocenters. The summed E-state index contributed by atoms with van der Waals surface area (Å²) in [5.41, 5.74) is 11.3. The molecule has 0 aliphatic carbocycles. The van der Waals surface area contributed by atoms with Gasteiger partial charge in [0.05, 0.1) is 11.4 Å². The highest BCUT2D eigenvalue weighted by atomic mass is 16.3. The summed E-state index contributed by atoms with van der Waals surface area (Å²) in [6.45, 7) is 0. The Bertz CT molecular complexity index is 3260. The van der Waals surface area contributed by atoms with Crippen molar-refractivity contribution < 1.29 is 4.42 Å². The van der Waals surface area contributed by atoms with Gasteiger partial charge in [-0.25, -0.2) is 9.97 Å². The van der Waals surface area contributed by atoms with Gasteiger partial charge in [0.15, 0.2) is 5.82 Å². The molecule has 0 spiro atoms. The van der Waals surface area contributed by atoms with Crippen LogP contribution in [0.1, 0.15) is 0 Å². The number of para-hydroxylation sites is 1. The second-order valence-electron chi connectivity index (χ2n) is 14.2. The van der Waals surface area contributed by atoms with Gasteiger partial charge in [-0.1, -0.05) is 158 Å². The second-order valence-corrected chi connectivity index (χ2v) is 14.2. The minimum Gasteiger partial charge on any atom is -0.456 e.